The molecule has 0 fully saturated rings. The van der Waals surface area contributed by atoms with Gasteiger partial charge in [0, 0.05) is 30.1 Å². The molecule has 0 spiro atoms. The van der Waals surface area contributed by atoms with Crippen LogP contribution in [-0.2, 0) is 22.8 Å². The number of rotatable bonds is 1. The first-order valence-corrected chi connectivity index (χ1v) is 7.64. The monoisotopic (exact) mass is 250 g/mol. The third kappa shape index (κ3) is 1.65. The number of hydrogen-bond acceptors (Lipinski definition) is 3. The molecule has 4 nitrogen and oxygen atoms in total. The quantitative estimate of drug-likeness (QED) is 0.775. The highest BCUT2D eigenvalue weighted by molar-refractivity contribution is 7.91. The molecule has 0 N–H and O–H groups in total. The second kappa shape index (κ2) is 3.57. The minimum absolute atomic E-state index is 0.393. The van der Waals surface area contributed by atoms with Gasteiger partial charge in [0.15, 0.2) is 9.84 Å². The van der Waals surface area contributed by atoms with Crippen LogP contribution in [0.1, 0.15) is 18.5 Å². The smallest absolute Gasteiger partial charge is 0.176 e. The number of aryl methyl sites for hydroxylation is 2. The van der Waals surface area contributed by atoms with E-state index in [0.29, 0.717) is 4.90 Å². The zero-order chi connectivity index (χ0) is 12.0. The predicted molar refractivity (Wildman–Crippen MR) is 65.8 cm³/mol. The third-order valence-corrected chi connectivity index (χ3v) is 4.46. The second-order valence-electron chi connectivity index (χ2n) is 4.56. The van der Waals surface area contributed by atoms with Gasteiger partial charge in [0.2, 0.25) is 0 Å². The molecule has 0 unspecified atom stereocenters. The summed E-state index contributed by atoms with van der Waals surface area (Å²) in [7, 11) is -3.18. The molecule has 90 valence electrons. The van der Waals surface area contributed by atoms with Gasteiger partial charge in [-0.25, -0.2) is 13.4 Å². The lowest BCUT2D eigenvalue weighted by Gasteiger charge is -2.14. The minimum atomic E-state index is -3.18. The molecule has 1 aliphatic heterocycles. The van der Waals surface area contributed by atoms with E-state index in [2.05, 4.69) is 9.55 Å². The molecular weight excluding hydrogens is 236 g/mol. The molecule has 0 atom stereocenters. The summed E-state index contributed by atoms with van der Waals surface area (Å²) >= 11 is 0. The number of fused-ring (bicyclic) bond motifs is 3. The van der Waals surface area contributed by atoms with Gasteiger partial charge in [-0.05, 0) is 31.4 Å². The van der Waals surface area contributed by atoms with E-state index in [-0.39, 0.29) is 0 Å². The minimum Gasteiger partial charge on any atom is -0.330 e. The van der Waals surface area contributed by atoms with Crippen LogP contribution in [0, 0.1) is 0 Å². The van der Waals surface area contributed by atoms with E-state index in [1.54, 1.807) is 12.3 Å². The molecule has 0 aromatic carbocycles. The highest BCUT2D eigenvalue weighted by atomic mass is 32.2. The maximum Gasteiger partial charge on any atom is 0.176 e. The van der Waals surface area contributed by atoms with Crippen molar-refractivity contribution in [2.75, 3.05) is 6.26 Å². The Hall–Kier alpha value is -1.36. The molecule has 0 amide bonds. The fourth-order valence-corrected chi connectivity index (χ4v) is 3.39. The van der Waals surface area contributed by atoms with Crippen molar-refractivity contribution in [1.29, 1.82) is 0 Å². The molecule has 5 heteroatoms. The number of nitrogens with zero attached hydrogens (tertiary/aromatic N) is 2. The molecule has 0 bridgehead atoms. The van der Waals surface area contributed by atoms with Gasteiger partial charge in [0.25, 0.3) is 0 Å². The van der Waals surface area contributed by atoms with Crippen LogP contribution in [0.3, 0.4) is 0 Å². The standard InChI is InChI=1S/C12H14N2O2S/c1-17(15,16)11-5-6-13-12-10(11)8-9-4-2-3-7-14(9)12/h5-6,8H,2-4,7H2,1H3. The number of hydrogen-bond donors (Lipinski definition) is 0. The Labute approximate surface area is 100 Å². The number of pyridine rings is 1. The summed E-state index contributed by atoms with van der Waals surface area (Å²) in [6.07, 6.45) is 6.16. The topological polar surface area (TPSA) is 52.0 Å². The van der Waals surface area contributed by atoms with Crippen LogP contribution >= 0.6 is 0 Å². The summed E-state index contributed by atoms with van der Waals surface area (Å²) in [6, 6.07) is 3.57. The Bertz CT molecular complexity index is 686. The van der Waals surface area contributed by atoms with Gasteiger partial charge in [0.1, 0.15) is 5.65 Å². The van der Waals surface area contributed by atoms with Gasteiger partial charge in [-0.15, -0.1) is 0 Å². The molecular formula is C12H14N2O2S. The SMILES string of the molecule is CS(=O)(=O)c1ccnc2c1cc1n2CCCC1. The molecule has 0 radical (unpaired) electrons. The van der Waals surface area contributed by atoms with Crippen LogP contribution in [0.4, 0.5) is 0 Å². The van der Waals surface area contributed by atoms with Crippen molar-refractivity contribution in [1.82, 2.24) is 9.55 Å². The fraction of sp³-hybridized carbons (Fsp3) is 0.417. The van der Waals surface area contributed by atoms with Gasteiger partial charge in [-0.1, -0.05) is 0 Å². The maximum absolute atomic E-state index is 11.7. The summed E-state index contributed by atoms with van der Waals surface area (Å²) in [6.45, 7) is 0.944. The lowest BCUT2D eigenvalue weighted by Crippen LogP contribution is -2.09. The fourth-order valence-electron chi connectivity index (χ4n) is 2.53. The summed E-state index contributed by atoms with van der Waals surface area (Å²) in [5.41, 5.74) is 2.01. The third-order valence-electron chi connectivity index (χ3n) is 3.31. The van der Waals surface area contributed by atoms with E-state index < -0.39 is 9.84 Å². The lowest BCUT2D eigenvalue weighted by molar-refractivity contribution is 0.542. The van der Waals surface area contributed by atoms with Crippen LogP contribution in [-0.4, -0.2) is 24.2 Å². The van der Waals surface area contributed by atoms with Crippen LogP contribution in [0.25, 0.3) is 11.0 Å². The van der Waals surface area contributed by atoms with Crippen molar-refractivity contribution >= 4 is 20.9 Å². The van der Waals surface area contributed by atoms with E-state index in [9.17, 15) is 8.42 Å². The average molecular weight is 250 g/mol. The first kappa shape index (κ1) is 10.8. The molecule has 3 heterocycles. The Balaban J connectivity index is 2.38. The highest BCUT2D eigenvalue weighted by Gasteiger charge is 2.19. The van der Waals surface area contributed by atoms with E-state index in [1.165, 1.54) is 18.4 Å². The molecule has 1 aliphatic rings. The Morgan fingerprint density at radius 2 is 2.18 bits per heavy atom. The molecule has 3 rings (SSSR count). The molecule has 0 saturated carbocycles. The Morgan fingerprint density at radius 3 is 2.94 bits per heavy atom. The summed E-state index contributed by atoms with van der Waals surface area (Å²) in [5, 5.41) is 0.770. The van der Waals surface area contributed by atoms with E-state index in [4.69, 9.17) is 0 Å². The largest absolute Gasteiger partial charge is 0.330 e. The van der Waals surface area contributed by atoms with Gasteiger partial charge in [-0.3, -0.25) is 0 Å². The molecule has 17 heavy (non-hydrogen) atoms. The molecule has 0 saturated heterocycles. The van der Waals surface area contributed by atoms with Crippen molar-refractivity contribution < 1.29 is 8.42 Å². The van der Waals surface area contributed by atoms with Crippen LogP contribution in [0.2, 0.25) is 0 Å². The zero-order valence-corrected chi connectivity index (χ0v) is 10.5. The summed E-state index contributed by atoms with van der Waals surface area (Å²) in [5.74, 6) is 0. The first-order valence-electron chi connectivity index (χ1n) is 5.74. The zero-order valence-electron chi connectivity index (χ0n) is 9.68. The Morgan fingerprint density at radius 1 is 1.35 bits per heavy atom. The van der Waals surface area contributed by atoms with Gasteiger partial charge in [0.05, 0.1) is 4.90 Å². The highest BCUT2D eigenvalue weighted by Crippen LogP contribution is 2.28. The average Bonchev–Trinajstić information content (AvgIpc) is 2.65. The van der Waals surface area contributed by atoms with E-state index in [1.807, 2.05) is 6.07 Å². The van der Waals surface area contributed by atoms with E-state index >= 15 is 0 Å². The van der Waals surface area contributed by atoms with Crippen LogP contribution < -0.4 is 0 Å². The predicted octanol–water partition coefficient (Wildman–Crippen LogP) is 1.78. The first-order chi connectivity index (χ1) is 8.07. The van der Waals surface area contributed by atoms with Crippen LogP contribution in [0.5, 0.6) is 0 Å². The lowest BCUT2D eigenvalue weighted by atomic mass is 10.1. The maximum atomic E-state index is 11.7. The van der Waals surface area contributed by atoms with E-state index in [0.717, 1.165) is 30.4 Å². The van der Waals surface area contributed by atoms with Gasteiger partial charge >= 0.3 is 0 Å². The van der Waals surface area contributed by atoms with Gasteiger partial charge < -0.3 is 4.57 Å². The number of aromatic nitrogens is 2. The number of sulfone groups is 1. The van der Waals surface area contributed by atoms with Crippen molar-refractivity contribution in [2.24, 2.45) is 0 Å². The Kier molecular flexibility index (Phi) is 2.26. The van der Waals surface area contributed by atoms with Crippen molar-refractivity contribution in [3.05, 3.63) is 24.0 Å². The normalized spacial score (nSPS) is 16.1. The summed E-state index contributed by atoms with van der Waals surface area (Å²) < 4.78 is 25.6. The van der Waals surface area contributed by atoms with Crippen molar-refractivity contribution in [3.63, 3.8) is 0 Å². The van der Waals surface area contributed by atoms with Crippen molar-refractivity contribution in [2.45, 2.75) is 30.7 Å². The molecule has 0 aliphatic carbocycles. The second-order valence-corrected chi connectivity index (χ2v) is 6.55. The molecule has 2 aromatic heterocycles. The van der Waals surface area contributed by atoms with Crippen molar-refractivity contribution in [3.8, 4) is 0 Å². The summed E-state index contributed by atoms with van der Waals surface area (Å²) in [4.78, 5) is 4.72. The van der Waals surface area contributed by atoms with Crippen LogP contribution in [0.15, 0.2) is 23.2 Å². The molecule has 2 aromatic rings. The van der Waals surface area contributed by atoms with Gasteiger partial charge in [-0.2, -0.15) is 0 Å².